The molecule has 0 heterocycles. The van der Waals surface area contributed by atoms with Gasteiger partial charge in [0.05, 0.1) is 0 Å². The molecule has 0 bridgehead atoms. The summed E-state index contributed by atoms with van der Waals surface area (Å²) in [5.41, 5.74) is 2.27. The van der Waals surface area contributed by atoms with E-state index in [-0.39, 0.29) is 19.0 Å². The van der Waals surface area contributed by atoms with Crippen molar-refractivity contribution in [1.82, 2.24) is 0 Å². The Morgan fingerprint density at radius 1 is 0.667 bits per heavy atom. The standard InChI is InChI=1S/C22H40ClO3P/c1-2-3-4-5-6-7-8-9-10-11-12-21-13-15-22(16-14-21)17-27(23,18-24,19-25)20-26/h13-16,24-26H,2-12,17-20H2,1H3. The van der Waals surface area contributed by atoms with E-state index >= 15 is 0 Å². The van der Waals surface area contributed by atoms with Crippen LogP contribution in [0.3, 0.4) is 0 Å². The van der Waals surface area contributed by atoms with Gasteiger partial charge in [-0.1, -0.05) is 32.6 Å². The van der Waals surface area contributed by atoms with Gasteiger partial charge in [-0.25, -0.2) is 0 Å². The van der Waals surface area contributed by atoms with Crippen LogP contribution >= 0.6 is 17.2 Å². The van der Waals surface area contributed by atoms with Gasteiger partial charge >= 0.3 is 138 Å². The molecule has 1 rings (SSSR count). The van der Waals surface area contributed by atoms with Gasteiger partial charge in [-0.05, 0) is 0 Å². The SMILES string of the molecule is CCCCCCCCCCCCc1ccc(CP(Cl)(CO)(CO)CO)cc1. The van der Waals surface area contributed by atoms with Crippen molar-refractivity contribution < 1.29 is 15.3 Å². The number of unbranched alkanes of at least 4 members (excludes halogenated alkanes) is 9. The van der Waals surface area contributed by atoms with Crippen molar-refractivity contribution in [2.75, 3.05) is 19.0 Å². The van der Waals surface area contributed by atoms with Crippen LogP contribution in [0.1, 0.15) is 82.3 Å². The van der Waals surface area contributed by atoms with Crippen molar-refractivity contribution in [2.45, 2.75) is 83.7 Å². The van der Waals surface area contributed by atoms with Gasteiger partial charge in [0.25, 0.3) is 0 Å². The average molecular weight is 419 g/mol. The number of hydrogen-bond acceptors (Lipinski definition) is 3. The topological polar surface area (TPSA) is 60.7 Å². The zero-order valence-corrected chi connectivity index (χ0v) is 18.7. The number of aryl methyl sites for hydroxylation is 1. The molecular weight excluding hydrogens is 379 g/mol. The van der Waals surface area contributed by atoms with E-state index in [9.17, 15) is 15.3 Å². The van der Waals surface area contributed by atoms with Crippen LogP contribution in [0.25, 0.3) is 0 Å². The number of rotatable bonds is 16. The molecule has 0 spiro atoms. The minimum atomic E-state index is -3.37. The molecule has 158 valence electrons. The zero-order valence-electron chi connectivity index (χ0n) is 17.1. The molecule has 0 saturated carbocycles. The maximum atomic E-state index is 9.62. The van der Waals surface area contributed by atoms with Crippen LogP contribution in [0.4, 0.5) is 0 Å². The molecule has 0 radical (unpaired) electrons. The Morgan fingerprint density at radius 3 is 1.52 bits per heavy atom. The maximum absolute atomic E-state index is 9.62. The molecule has 0 amide bonds. The van der Waals surface area contributed by atoms with Gasteiger partial charge in [0.15, 0.2) is 0 Å². The van der Waals surface area contributed by atoms with Crippen LogP contribution in [0.15, 0.2) is 24.3 Å². The predicted octanol–water partition coefficient (Wildman–Crippen LogP) is 6.21. The second-order valence-corrected chi connectivity index (χ2v) is 15.8. The molecule has 0 fully saturated rings. The molecule has 0 aliphatic carbocycles. The van der Waals surface area contributed by atoms with E-state index < -0.39 is 5.96 Å². The normalized spacial score (nSPS) is 13.4. The van der Waals surface area contributed by atoms with E-state index in [1.807, 2.05) is 12.1 Å². The van der Waals surface area contributed by atoms with Crippen molar-refractivity contribution in [2.24, 2.45) is 0 Å². The van der Waals surface area contributed by atoms with E-state index in [0.29, 0.717) is 6.16 Å². The number of hydrogen-bond donors (Lipinski definition) is 3. The fraction of sp³-hybridized carbons (Fsp3) is 0.727. The summed E-state index contributed by atoms with van der Waals surface area (Å²) in [6.07, 6.45) is 13.9. The van der Waals surface area contributed by atoms with Crippen LogP contribution in [0.2, 0.25) is 0 Å². The molecule has 3 nitrogen and oxygen atoms in total. The Balaban J connectivity index is 2.25. The van der Waals surface area contributed by atoms with E-state index in [1.165, 1.54) is 69.8 Å². The van der Waals surface area contributed by atoms with Crippen LogP contribution in [-0.4, -0.2) is 34.4 Å². The summed E-state index contributed by atoms with van der Waals surface area (Å²) >= 11 is 6.49. The third-order valence-corrected chi connectivity index (χ3v) is 10.1. The monoisotopic (exact) mass is 418 g/mol. The first kappa shape index (κ1) is 24.9. The Hall–Kier alpha value is -0.180. The van der Waals surface area contributed by atoms with Gasteiger partial charge in [0, 0.05) is 0 Å². The van der Waals surface area contributed by atoms with Gasteiger partial charge in [-0.2, -0.15) is 0 Å². The molecule has 1 aromatic rings. The molecule has 0 atom stereocenters. The molecular formula is C22H40ClO3P. The zero-order chi connectivity index (χ0) is 20.0. The molecule has 5 heteroatoms. The fourth-order valence-electron chi connectivity index (χ4n) is 3.37. The molecule has 27 heavy (non-hydrogen) atoms. The van der Waals surface area contributed by atoms with E-state index in [1.54, 1.807) is 0 Å². The number of halogens is 1. The third-order valence-electron chi connectivity index (χ3n) is 5.48. The minimum absolute atomic E-state index is 0.347. The molecule has 3 N–H and O–H groups in total. The van der Waals surface area contributed by atoms with Gasteiger partial charge < -0.3 is 0 Å². The first-order valence-corrected chi connectivity index (χ1v) is 14.5. The van der Waals surface area contributed by atoms with Gasteiger partial charge in [-0.15, -0.1) is 0 Å². The first-order valence-electron chi connectivity index (χ1n) is 10.6. The Kier molecular flexibility index (Phi) is 12.1. The van der Waals surface area contributed by atoms with Gasteiger partial charge in [0.1, 0.15) is 0 Å². The second-order valence-electron chi connectivity index (χ2n) is 8.15. The van der Waals surface area contributed by atoms with Crippen molar-refractivity contribution >= 4 is 17.2 Å². The van der Waals surface area contributed by atoms with Crippen molar-refractivity contribution in [3.63, 3.8) is 0 Å². The number of aliphatic hydroxyl groups excluding tert-OH is 3. The first-order chi connectivity index (χ1) is 13.0. The van der Waals surface area contributed by atoms with Gasteiger partial charge in [0.2, 0.25) is 0 Å². The van der Waals surface area contributed by atoms with Crippen LogP contribution in [-0.2, 0) is 12.6 Å². The quantitative estimate of drug-likeness (QED) is 0.221. The van der Waals surface area contributed by atoms with Crippen LogP contribution in [0, 0.1) is 0 Å². The second kappa shape index (κ2) is 13.1. The summed E-state index contributed by atoms with van der Waals surface area (Å²) in [5, 5.41) is 28.8. The molecule has 1 aromatic carbocycles. The predicted molar refractivity (Wildman–Crippen MR) is 120 cm³/mol. The van der Waals surface area contributed by atoms with Crippen molar-refractivity contribution in [1.29, 1.82) is 0 Å². The van der Waals surface area contributed by atoms with E-state index in [0.717, 1.165) is 12.0 Å². The van der Waals surface area contributed by atoms with Crippen molar-refractivity contribution in [3.05, 3.63) is 35.4 Å². The summed E-state index contributed by atoms with van der Waals surface area (Å²) in [4.78, 5) is 0. The van der Waals surface area contributed by atoms with Crippen LogP contribution in [0.5, 0.6) is 0 Å². The van der Waals surface area contributed by atoms with E-state index in [4.69, 9.17) is 11.2 Å². The van der Waals surface area contributed by atoms with Crippen LogP contribution < -0.4 is 0 Å². The molecule has 0 unspecified atom stereocenters. The Labute approximate surface area is 170 Å². The fourth-order valence-corrected chi connectivity index (χ4v) is 5.47. The molecule has 0 aliphatic rings. The third kappa shape index (κ3) is 9.24. The average Bonchev–Trinajstić information content (AvgIpc) is 2.71. The summed E-state index contributed by atoms with van der Waals surface area (Å²) in [6, 6.07) is 8.23. The van der Waals surface area contributed by atoms with Crippen molar-refractivity contribution in [3.8, 4) is 0 Å². The van der Waals surface area contributed by atoms with E-state index in [2.05, 4.69) is 19.1 Å². The summed E-state index contributed by atoms with van der Waals surface area (Å²) in [6.45, 7) is 2.26. The summed E-state index contributed by atoms with van der Waals surface area (Å²) in [5.74, 6) is -3.37. The summed E-state index contributed by atoms with van der Waals surface area (Å²) < 4.78 is 0. The molecule has 0 aliphatic heterocycles. The molecule has 0 saturated heterocycles. The summed E-state index contributed by atoms with van der Waals surface area (Å²) in [7, 11) is 0. The molecule has 0 aromatic heterocycles. The van der Waals surface area contributed by atoms with Gasteiger partial charge in [-0.3, -0.25) is 0 Å². The number of benzene rings is 1. The Bertz CT molecular complexity index is 492. The Morgan fingerprint density at radius 2 is 1.07 bits per heavy atom. The number of aliphatic hydroxyl groups is 3.